The van der Waals surface area contributed by atoms with Gasteiger partial charge in [0.05, 0.1) is 6.10 Å². The van der Waals surface area contributed by atoms with E-state index in [0.717, 1.165) is 24.1 Å². The van der Waals surface area contributed by atoms with Crippen molar-refractivity contribution in [2.75, 3.05) is 0 Å². The molecule has 1 aliphatic rings. The van der Waals surface area contributed by atoms with E-state index in [1.165, 1.54) is 0 Å². The molecule has 0 saturated heterocycles. The lowest BCUT2D eigenvalue weighted by atomic mass is 9.75. The van der Waals surface area contributed by atoms with Gasteiger partial charge in [0.1, 0.15) is 0 Å². The van der Waals surface area contributed by atoms with Crippen LogP contribution in [0.5, 0.6) is 0 Å². The third-order valence-corrected chi connectivity index (χ3v) is 3.46. The van der Waals surface area contributed by atoms with Gasteiger partial charge in [0.2, 0.25) is 5.91 Å². The van der Waals surface area contributed by atoms with Crippen LogP contribution in [0, 0.1) is 5.41 Å². The van der Waals surface area contributed by atoms with Crippen LogP contribution in [0.3, 0.4) is 0 Å². The van der Waals surface area contributed by atoms with E-state index in [1.807, 2.05) is 16.8 Å². The van der Waals surface area contributed by atoms with Gasteiger partial charge in [0.15, 0.2) is 0 Å². The quantitative estimate of drug-likeness (QED) is 0.832. The summed E-state index contributed by atoms with van der Waals surface area (Å²) in [6.07, 6.45) is 3.63. The van der Waals surface area contributed by atoms with Crippen molar-refractivity contribution in [1.82, 2.24) is 4.57 Å². The number of carbonyl (C=O) groups excluding carboxylic acids is 1. The first-order valence-electron chi connectivity index (χ1n) is 6.03. The normalized spacial score (nSPS) is 22.2. The molecule has 1 unspecified atom stereocenters. The summed E-state index contributed by atoms with van der Waals surface area (Å²) in [5, 5.41) is 10.1. The second-order valence-corrected chi connectivity index (χ2v) is 5.69. The number of carbonyl (C=O) groups is 1. The zero-order chi connectivity index (χ0) is 12.6. The van der Waals surface area contributed by atoms with Gasteiger partial charge in [-0.2, -0.15) is 0 Å². The highest BCUT2D eigenvalue weighted by Crippen LogP contribution is 2.41. The first kappa shape index (κ1) is 12.2. The summed E-state index contributed by atoms with van der Waals surface area (Å²) in [7, 11) is 0. The lowest BCUT2D eigenvalue weighted by Gasteiger charge is -2.33. The molecule has 1 aromatic heterocycles. The van der Waals surface area contributed by atoms with E-state index in [0.29, 0.717) is 13.0 Å². The molecule has 0 radical (unpaired) electrons. The summed E-state index contributed by atoms with van der Waals surface area (Å²) < 4.78 is 2.05. The van der Waals surface area contributed by atoms with Crippen LogP contribution in [0.15, 0.2) is 12.3 Å². The molecule has 1 aromatic rings. The Balaban J connectivity index is 2.24. The molecule has 0 saturated carbocycles. The molecule has 0 aliphatic heterocycles. The van der Waals surface area contributed by atoms with Gasteiger partial charge in [0, 0.05) is 30.4 Å². The maximum absolute atomic E-state index is 10.8. The predicted octanol–water partition coefficient (Wildman–Crippen LogP) is 1.37. The predicted molar refractivity (Wildman–Crippen MR) is 65.3 cm³/mol. The van der Waals surface area contributed by atoms with Crippen LogP contribution < -0.4 is 5.73 Å². The Hall–Kier alpha value is -1.29. The number of fused-ring (bicyclic) bond motifs is 1. The van der Waals surface area contributed by atoms with Crippen molar-refractivity contribution in [2.45, 2.75) is 45.8 Å². The second-order valence-electron chi connectivity index (χ2n) is 5.69. The van der Waals surface area contributed by atoms with Crippen LogP contribution in [-0.4, -0.2) is 15.6 Å². The molecule has 94 valence electrons. The fraction of sp³-hybridized carbons (Fsp3) is 0.615. The van der Waals surface area contributed by atoms with E-state index in [9.17, 15) is 9.90 Å². The third kappa shape index (κ3) is 2.52. The number of primary amides is 1. The fourth-order valence-electron chi connectivity index (χ4n) is 2.63. The van der Waals surface area contributed by atoms with Crippen LogP contribution in [0.4, 0.5) is 0 Å². The van der Waals surface area contributed by atoms with Crippen LogP contribution in [0.2, 0.25) is 0 Å². The standard InChI is InChI=1S/C13H20N2O2/c1-13(2)7-10-9(11(16)8-13)3-5-15(10)6-4-12(14)17/h3,5,11,16H,4,6-8H2,1-2H3,(H2,14,17). The number of aromatic nitrogens is 1. The highest BCUT2D eigenvalue weighted by molar-refractivity contribution is 5.73. The maximum atomic E-state index is 10.8. The summed E-state index contributed by atoms with van der Waals surface area (Å²) in [6.45, 7) is 4.92. The molecule has 1 heterocycles. The zero-order valence-corrected chi connectivity index (χ0v) is 10.4. The van der Waals surface area contributed by atoms with E-state index in [1.54, 1.807) is 0 Å². The molecule has 2 rings (SSSR count). The molecular weight excluding hydrogens is 216 g/mol. The minimum atomic E-state index is -0.386. The Morgan fingerprint density at radius 3 is 3.00 bits per heavy atom. The summed E-state index contributed by atoms with van der Waals surface area (Å²) in [4.78, 5) is 10.8. The number of nitrogens with zero attached hydrogens (tertiary/aromatic N) is 1. The minimum Gasteiger partial charge on any atom is -0.388 e. The molecule has 1 atom stereocenters. The van der Waals surface area contributed by atoms with Crippen LogP contribution >= 0.6 is 0 Å². The van der Waals surface area contributed by atoms with Crippen molar-refractivity contribution in [1.29, 1.82) is 0 Å². The van der Waals surface area contributed by atoms with E-state index in [2.05, 4.69) is 13.8 Å². The molecule has 0 spiro atoms. The first-order chi connectivity index (χ1) is 7.89. The molecule has 1 aliphatic carbocycles. The van der Waals surface area contributed by atoms with Gasteiger partial charge in [-0.3, -0.25) is 4.79 Å². The van der Waals surface area contributed by atoms with Crippen molar-refractivity contribution in [2.24, 2.45) is 11.1 Å². The molecule has 4 nitrogen and oxygen atoms in total. The Kier molecular flexibility index (Phi) is 3.00. The topological polar surface area (TPSA) is 68.2 Å². The highest BCUT2D eigenvalue weighted by atomic mass is 16.3. The molecule has 0 aromatic carbocycles. The van der Waals surface area contributed by atoms with Crippen LogP contribution in [0.25, 0.3) is 0 Å². The summed E-state index contributed by atoms with van der Waals surface area (Å²) in [5.74, 6) is -0.289. The molecular formula is C13H20N2O2. The zero-order valence-electron chi connectivity index (χ0n) is 10.4. The number of hydrogen-bond acceptors (Lipinski definition) is 2. The van der Waals surface area contributed by atoms with Gasteiger partial charge < -0.3 is 15.4 Å². The number of amides is 1. The Bertz CT molecular complexity index is 435. The van der Waals surface area contributed by atoms with E-state index < -0.39 is 0 Å². The highest BCUT2D eigenvalue weighted by Gasteiger charge is 2.33. The van der Waals surface area contributed by atoms with Gasteiger partial charge >= 0.3 is 0 Å². The molecule has 3 N–H and O–H groups in total. The summed E-state index contributed by atoms with van der Waals surface area (Å²) in [6, 6.07) is 1.95. The SMILES string of the molecule is CC1(C)Cc2c(ccn2CCC(N)=O)C(O)C1. The van der Waals surface area contributed by atoms with Crippen molar-refractivity contribution in [3.8, 4) is 0 Å². The Morgan fingerprint density at radius 2 is 2.35 bits per heavy atom. The Morgan fingerprint density at radius 1 is 1.65 bits per heavy atom. The molecule has 0 bridgehead atoms. The number of aliphatic hydroxyl groups excluding tert-OH is 1. The second kappa shape index (κ2) is 4.18. The van der Waals surface area contributed by atoms with Crippen molar-refractivity contribution < 1.29 is 9.90 Å². The third-order valence-electron chi connectivity index (χ3n) is 3.46. The van der Waals surface area contributed by atoms with Gasteiger partial charge in [-0.25, -0.2) is 0 Å². The lowest BCUT2D eigenvalue weighted by Crippen LogP contribution is -2.27. The average molecular weight is 236 g/mol. The Labute approximate surface area is 101 Å². The van der Waals surface area contributed by atoms with Crippen molar-refractivity contribution >= 4 is 5.91 Å². The van der Waals surface area contributed by atoms with Gasteiger partial charge in [-0.15, -0.1) is 0 Å². The number of rotatable bonds is 3. The van der Waals surface area contributed by atoms with Gasteiger partial charge in [-0.1, -0.05) is 13.8 Å². The first-order valence-corrected chi connectivity index (χ1v) is 6.03. The largest absolute Gasteiger partial charge is 0.388 e. The molecule has 0 fully saturated rings. The van der Waals surface area contributed by atoms with Crippen molar-refractivity contribution in [3.63, 3.8) is 0 Å². The molecule has 4 heteroatoms. The van der Waals surface area contributed by atoms with Crippen molar-refractivity contribution in [3.05, 3.63) is 23.5 Å². The number of hydrogen-bond donors (Lipinski definition) is 2. The van der Waals surface area contributed by atoms with E-state index in [4.69, 9.17) is 5.73 Å². The molecule has 17 heavy (non-hydrogen) atoms. The fourth-order valence-corrected chi connectivity index (χ4v) is 2.63. The van der Waals surface area contributed by atoms with Gasteiger partial charge in [-0.05, 0) is 24.3 Å². The summed E-state index contributed by atoms with van der Waals surface area (Å²) in [5.41, 5.74) is 7.43. The van der Waals surface area contributed by atoms with E-state index in [-0.39, 0.29) is 17.4 Å². The van der Waals surface area contributed by atoms with E-state index >= 15 is 0 Å². The number of aryl methyl sites for hydroxylation is 1. The summed E-state index contributed by atoms with van der Waals surface area (Å²) >= 11 is 0. The number of aliphatic hydroxyl groups is 1. The smallest absolute Gasteiger partial charge is 0.219 e. The van der Waals surface area contributed by atoms with Gasteiger partial charge in [0.25, 0.3) is 0 Å². The average Bonchev–Trinajstić information content (AvgIpc) is 2.56. The minimum absolute atomic E-state index is 0.106. The van der Waals surface area contributed by atoms with Crippen LogP contribution in [0.1, 0.15) is 44.1 Å². The molecule has 1 amide bonds. The monoisotopic (exact) mass is 236 g/mol. The van der Waals surface area contributed by atoms with Crippen LogP contribution in [-0.2, 0) is 17.8 Å². The maximum Gasteiger partial charge on any atom is 0.219 e. The lowest BCUT2D eigenvalue weighted by molar-refractivity contribution is -0.118. The number of nitrogens with two attached hydrogens (primary N) is 1.